The maximum absolute atomic E-state index is 12.5. The summed E-state index contributed by atoms with van der Waals surface area (Å²) in [6.07, 6.45) is 6.02. The molecule has 2 amide bonds. The van der Waals surface area contributed by atoms with E-state index in [-0.39, 0.29) is 6.03 Å². The molecule has 0 aromatic heterocycles. The number of nitrogens with zero attached hydrogens (tertiary/aromatic N) is 2. The van der Waals surface area contributed by atoms with E-state index in [1.807, 2.05) is 17.0 Å². The van der Waals surface area contributed by atoms with E-state index in [1.54, 1.807) is 0 Å². The topological polar surface area (TPSA) is 35.6 Å². The van der Waals surface area contributed by atoms with Crippen LogP contribution in [0.15, 0.2) is 24.3 Å². The van der Waals surface area contributed by atoms with Gasteiger partial charge in [0.2, 0.25) is 0 Å². The van der Waals surface area contributed by atoms with Gasteiger partial charge in [-0.1, -0.05) is 26.0 Å². The summed E-state index contributed by atoms with van der Waals surface area (Å²) < 4.78 is 0. The predicted octanol–water partition coefficient (Wildman–Crippen LogP) is 4.22. The minimum Gasteiger partial charge on any atom is -0.325 e. The second-order valence-corrected chi connectivity index (χ2v) is 7.92. The number of hydrogen-bond donors (Lipinski definition) is 1. The van der Waals surface area contributed by atoms with Crippen molar-refractivity contribution in [3.05, 3.63) is 29.8 Å². The van der Waals surface area contributed by atoms with Crippen molar-refractivity contribution in [1.82, 2.24) is 9.80 Å². The van der Waals surface area contributed by atoms with E-state index in [4.69, 9.17) is 0 Å². The van der Waals surface area contributed by atoms with Crippen molar-refractivity contribution in [2.24, 2.45) is 11.8 Å². The standard InChI is InChI=1S/C21H33N3O/c1-3-18-6-8-20(9-7-18)22-21(25)24-13-10-19(11-14-24)16-23-12-4-5-17(2)15-23/h6-9,17,19H,3-5,10-16H2,1-2H3,(H,22,25)/t17-/m1/s1. The maximum Gasteiger partial charge on any atom is 0.321 e. The molecule has 0 unspecified atom stereocenters. The number of likely N-dealkylation sites (tertiary alicyclic amines) is 2. The van der Waals surface area contributed by atoms with Crippen LogP contribution in [0.25, 0.3) is 0 Å². The van der Waals surface area contributed by atoms with Gasteiger partial charge in [0.25, 0.3) is 0 Å². The van der Waals surface area contributed by atoms with Crippen LogP contribution in [-0.4, -0.2) is 48.6 Å². The molecule has 138 valence electrons. The van der Waals surface area contributed by atoms with E-state index in [0.29, 0.717) is 0 Å². The minimum atomic E-state index is 0.0503. The molecule has 2 aliphatic heterocycles. The molecule has 2 heterocycles. The summed E-state index contributed by atoms with van der Waals surface area (Å²) in [5.74, 6) is 1.59. The molecule has 2 fully saturated rings. The Bertz CT molecular complexity index is 549. The van der Waals surface area contributed by atoms with Crippen LogP contribution in [-0.2, 0) is 6.42 Å². The average molecular weight is 344 g/mol. The van der Waals surface area contributed by atoms with Crippen LogP contribution in [0.5, 0.6) is 0 Å². The van der Waals surface area contributed by atoms with E-state index in [2.05, 4.69) is 36.2 Å². The van der Waals surface area contributed by atoms with Gasteiger partial charge in [-0.2, -0.15) is 0 Å². The lowest BCUT2D eigenvalue weighted by Gasteiger charge is -2.37. The highest BCUT2D eigenvalue weighted by molar-refractivity contribution is 5.89. The molecule has 25 heavy (non-hydrogen) atoms. The fraction of sp³-hybridized carbons (Fsp3) is 0.667. The number of aryl methyl sites for hydroxylation is 1. The second kappa shape index (κ2) is 8.70. The van der Waals surface area contributed by atoms with Crippen molar-refractivity contribution < 1.29 is 4.79 Å². The van der Waals surface area contributed by atoms with Crippen LogP contribution in [0.4, 0.5) is 10.5 Å². The van der Waals surface area contributed by atoms with Crippen molar-refractivity contribution in [3.63, 3.8) is 0 Å². The predicted molar refractivity (Wildman–Crippen MR) is 104 cm³/mol. The quantitative estimate of drug-likeness (QED) is 0.888. The smallest absolute Gasteiger partial charge is 0.321 e. The van der Waals surface area contributed by atoms with Crippen LogP contribution in [0.2, 0.25) is 0 Å². The van der Waals surface area contributed by atoms with Gasteiger partial charge < -0.3 is 15.1 Å². The molecule has 1 atom stereocenters. The van der Waals surface area contributed by atoms with Crippen LogP contribution in [0.3, 0.4) is 0 Å². The minimum absolute atomic E-state index is 0.0503. The molecule has 0 bridgehead atoms. The average Bonchev–Trinajstić information content (AvgIpc) is 2.63. The number of carbonyl (C=O) groups is 1. The Labute approximate surface area is 152 Å². The molecule has 4 heteroatoms. The Hall–Kier alpha value is -1.55. The number of hydrogen-bond acceptors (Lipinski definition) is 2. The Morgan fingerprint density at radius 1 is 1.12 bits per heavy atom. The normalized spacial score (nSPS) is 22.8. The summed E-state index contributed by atoms with van der Waals surface area (Å²) in [7, 11) is 0. The molecular weight excluding hydrogens is 310 g/mol. The number of rotatable bonds is 4. The molecule has 2 aliphatic rings. The molecule has 0 radical (unpaired) electrons. The van der Waals surface area contributed by atoms with E-state index in [0.717, 1.165) is 49.9 Å². The lowest BCUT2D eigenvalue weighted by molar-refractivity contribution is 0.125. The zero-order valence-corrected chi connectivity index (χ0v) is 15.8. The molecule has 3 rings (SSSR count). The zero-order valence-electron chi connectivity index (χ0n) is 15.8. The monoisotopic (exact) mass is 343 g/mol. The molecule has 1 aromatic rings. The third-order valence-corrected chi connectivity index (χ3v) is 5.77. The first-order chi connectivity index (χ1) is 12.1. The van der Waals surface area contributed by atoms with Gasteiger partial charge in [0.1, 0.15) is 0 Å². The summed E-state index contributed by atoms with van der Waals surface area (Å²) in [6, 6.07) is 8.22. The van der Waals surface area contributed by atoms with E-state index in [1.165, 1.54) is 38.0 Å². The molecular formula is C21H33N3O. The van der Waals surface area contributed by atoms with E-state index >= 15 is 0 Å². The van der Waals surface area contributed by atoms with Crippen LogP contribution in [0.1, 0.15) is 45.1 Å². The van der Waals surface area contributed by atoms with Gasteiger partial charge in [-0.05, 0) is 68.2 Å². The van der Waals surface area contributed by atoms with Crippen LogP contribution in [0, 0.1) is 11.8 Å². The summed E-state index contributed by atoms with van der Waals surface area (Å²) in [5.41, 5.74) is 2.19. The first-order valence-corrected chi connectivity index (χ1v) is 10.0. The fourth-order valence-corrected chi connectivity index (χ4v) is 4.16. The van der Waals surface area contributed by atoms with Crippen molar-refractivity contribution in [1.29, 1.82) is 0 Å². The lowest BCUT2D eigenvalue weighted by atomic mass is 9.94. The number of amides is 2. The van der Waals surface area contributed by atoms with Crippen molar-refractivity contribution >= 4 is 11.7 Å². The first-order valence-electron chi connectivity index (χ1n) is 10.0. The third kappa shape index (κ3) is 5.21. The lowest BCUT2D eigenvalue weighted by Crippen LogP contribution is -2.44. The van der Waals surface area contributed by atoms with Gasteiger partial charge >= 0.3 is 6.03 Å². The highest BCUT2D eigenvalue weighted by Gasteiger charge is 2.25. The zero-order chi connectivity index (χ0) is 17.6. The van der Waals surface area contributed by atoms with Gasteiger partial charge in [0.15, 0.2) is 0 Å². The van der Waals surface area contributed by atoms with Crippen LogP contribution >= 0.6 is 0 Å². The first kappa shape index (κ1) is 18.2. The molecule has 0 spiro atoms. The fourth-order valence-electron chi connectivity index (χ4n) is 4.16. The van der Waals surface area contributed by atoms with Gasteiger partial charge in [-0.25, -0.2) is 4.79 Å². The van der Waals surface area contributed by atoms with Crippen molar-refractivity contribution in [2.75, 3.05) is 38.0 Å². The van der Waals surface area contributed by atoms with Crippen LogP contribution < -0.4 is 5.32 Å². The van der Waals surface area contributed by atoms with Gasteiger partial charge in [0, 0.05) is 31.9 Å². The Morgan fingerprint density at radius 2 is 1.84 bits per heavy atom. The van der Waals surface area contributed by atoms with Crippen molar-refractivity contribution in [2.45, 2.75) is 46.0 Å². The number of benzene rings is 1. The molecule has 1 aromatic carbocycles. The van der Waals surface area contributed by atoms with Crippen molar-refractivity contribution in [3.8, 4) is 0 Å². The Balaban J connectivity index is 1.42. The van der Waals surface area contributed by atoms with Gasteiger partial charge in [-0.3, -0.25) is 0 Å². The number of carbonyl (C=O) groups excluding carboxylic acids is 1. The summed E-state index contributed by atoms with van der Waals surface area (Å²) in [5, 5.41) is 3.04. The number of anilines is 1. The van der Waals surface area contributed by atoms with E-state index in [9.17, 15) is 4.79 Å². The number of piperidine rings is 2. The van der Waals surface area contributed by atoms with Gasteiger partial charge in [-0.15, -0.1) is 0 Å². The van der Waals surface area contributed by atoms with Gasteiger partial charge in [0.05, 0.1) is 0 Å². The summed E-state index contributed by atoms with van der Waals surface area (Å²) in [6.45, 7) is 10.0. The maximum atomic E-state index is 12.5. The molecule has 1 N–H and O–H groups in total. The Kier molecular flexibility index (Phi) is 6.35. The summed E-state index contributed by atoms with van der Waals surface area (Å²) in [4.78, 5) is 17.1. The summed E-state index contributed by atoms with van der Waals surface area (Å²) >= 11 is 0. The second-order valence-electron chi connectivity index (χ2n) is 7.92. The molecule has 2 saturated heterocycles. The highest BCUT2D eigenvalue weighted by atomic mass is 16.2. The SMILES string of the molecule is CCc1ccc(NC(=O)N2CCC(CN3CCC[C@@H](C)C3)CC2)cc1. The third-order valence-electron chi connectivity index (χ3n) is 5.77. The number of nitrogens with one attached hydrogen (secondary N) is 1. The Morgan fingerprint density at radius 3 is 2.48 bits per heavy atom. The molecule has 0 aliphatic carbocycles. The highest BCUT2D eigenvalue weighted by Crippen LogP contribution is 2.23. The largest absolute Gasteiger partial charge is 0.325 e. The molecule has 4 nitrogen and oxygen atoms in total. The molecule has 0 saturated carbocycles. The van der Waals surface area contributed by atoms with E-state index < -0.39 is 0 Å². The number of urea groups is 1.